The molecule has 2 rings (SSSR count). The van der Waals surface area contributed by atoms with E-state index in [0.29, 0.717) is 18.2 Å². The van der Waals surface area contributed by atoms with E-state index in [2.05, 4.69) is 4.90 Å². The van der Waals surface area contributed by atoms with Crippen LogP contribution >= 0.6 is 0 Å². The number of likely N-dealkylation sites (tertiary alicyclic amines) is 1. The maximum absolute atomic E-state index is 6.37. The third-order valence-electron chi connectivity index (χ3n) is 4.56. The highest BCUT2D eigenvalue weighted by Gasteiger charge is 2.29. The highest BCUT2D eigenvalue weighted by molar-refractivity contribution is 4.86. The van der Waals surface area contributed by atoms with E-state index in [0.717, 1.165) is 0 Å². The fourth-order valence-corrected chi connectivity index (χ4v) is 3.39. The van der Waals surface area contributed by atoms with Crippen LogP contribution in [0.5, 0.6) is 0 Å². The minimum atomic E-state index is 0.398. The van der Waals surface area contributed by atoms with E-state index in [1.54, 1.807) is 0 Å². The van der Waals surface area contributed by atoms with Crippen molar-refractivity contribution in [1.29, 1.82) is 0 Å². The smallest absolute Gasteiger partial charge is 0.0595 e. The Morgan fingerprint density at radius 2 is 1.59 bits per heavy atom. The number of rotatable bonds is 2. The van der Waals surface area contributed by atoms with Crippen molar-refractivity contribution in [2.24, 2.45) is 5.73 Å². The minimum Gasteiger partial charge on any atom is -0.381 e. The molecule has 0 aromatic carbocycles. The molecule has 1 saturated carbocycles. The topological polar surface area (TPSA) is 38.5 Å². The first-order chi connectivity index (χ1) is 8.31. The summed E-state index contributed by atoms with van der Waals surface area (Å²) < 4.78 is 5.44. The summed E-state index contributed by atoms with van der Waals surface area (Å²) >= 11 is 0. The Morgan fingerprint density at radius 3 is 2.24 bits per heavy atom. The molecule has 0 radical (unpaired) electrons. The average Bonchev–Trinajstić information content (AvgIpc) is 2.35. The maximum atomic E-state index is 6.37. The molecule has 0 amide bonds. The van der Waals surface area contributed by atoms with Gasteiger partial charge in [-0.2, -0.15) is 0 Å². The third-order valence-corrected chi connectivity index (χ3v) is 4.56. The zero-order valence-corrected chi connectivity index (χ0v) is 11.2. The lowest BCUT2D eigenvalue weighted by atomic mass is 9.90. The summed E-state index contributed by atoms with van der Waals surface area (Å²) in [6.45, 7) is 2.35. The number of methoxy groups -OCH3 is 1. The normalized spacial score (nSPS) is 34.2. The van der Waals surface area contributed by atoms with Crippen molar-refractivity contribution in [2.75, 3.05) is 20.2 Å². The lowest BCUT2D eigenvalue weighted by Gasteiger charge is -2.40. The first-order valence-corrected chi connectivity index (χ1v) is 7.33. The fourth-order valence-electron chi connectivity index (χ4n) is 3.39. The van der Waals surface area contributed by atoms with Crippen LogP contribution in [0, 0.1) is 0 Å². The first kappa shape index (κ1) is 13.3. The monoisotopic (exact) mass is 240 g/mol. The van der Waals surface area contributed by atoms with E-state index in [1.807, 2.05) is 7.11 Å². The van der Waals surface area contributed by atoms with Crippen LogP contribution in [0.3, 0.4) is 0 Å². The number of nitrogens with two attached hydrogens (primary N) is 1. The van der Waals surface area contributed by atoms with E-state index >= 15 is 0 Å². The Bertz CT molecular complexity index is 214. The number of nitrogens with zero attached hydrogens (tertiary/aromatic N) is 1. The predicted molar refractivity (Wildman–Crippen MR) is 71.1 cm³/mol. The second kappa shape index (κ2) is 6.72. The molecule has 1 saturated heterocycles. The summed E-state index contributed by atoms with van der Waals surface area (Å²) in [5.74, 6) is 0. The van der Waals surface area contributed by atoms with Crippen molar-refractivity contribution in [3.8, 4) is 0 Å². The Morgan fingerprint density at radius 1 is 0.941 bits per heavy atom. The molecule has 2 unspecified atom stereocenters. The number of piperidine rings is 1. The molecule has 100 valence electrons. The largest absolute Gasteiger partial charge is 0.381 e. The Balaban J connectivity index is 1.86. The average molecular weight is 240 g/mol. The summed E-state index contributed by atoms with van der Waals surface area (Å²) in [5, 5.41) is 0. The number of ether oxygens (including phenoxy) is 1. The van der Waals surface area contributed by atoms with Gasteiger partial charge in [-0.05, 0) is 25.7 Å². The SMILES string of the molecule is COC1CCN(C2CCCCCCC2N)CC1. The molecule has 1 aliphatic heterocycles. The van der Waals surface area contributed by atoms with Gasteiger partial charge in [0.25, 0.3) is 0 Å². The summed E-state index contributed by atoms with van der Waals surface area (Å²) in [4.78, 5) is 2.63. The van der Waals surface area contributed by atoms with Crippen molar-refractivity contribution in [2.45, 2.75) is 69.6 Å². The molecule has 0 spiro atoms. The molecule has 0 aromatic rings. The molecule has 2 N–H and O–H groups in total. The van der Waals surface area contributed by atoms with Crippen LogP contribution in [0.2, 0.25) is 0 Å². The van der Waals surface area contributed by atoms with Crippen molar-refractivity contribution in [3.63, 3.8) is 0 Å². The second-order valence-electron chi connectivity index (χ2n) is 5.69. The lowest BCUT2D eigenvalue weighted by molar-refractivity contribution is 0.0194. The molecular formula is C14H28N2O. The van der Waals surface area contributed by atoms with Gasteiger partial charge >= 0.3 is 0 Å². The molecule has 17 heavy (non-hydrogen) atoms. The van der Waals surface area contributed by atoms with Crippen molar-refractivity contribution >= 4 is 0 Å². The molecule has 3 nitrogen and oxygen atoms in total. The highest BCUT2D eigenvalue weighted by Crippen LogP contribution is 2.24. The first-order valence-electron chi connectivity index (χ1n) is 7.33. The fraction of sp³-hybridized carbons (Fsp3) is 1.00. The molecule has 1 heterocycles. The predicted octanol–water partition coefficient (Wildman–Crippen LogP) is 2.15. The lowest BCUT2D eigenvalue weighted by Crippen LogP contribution is -2.51. The molecule has 0 bridgehead atoms. The van der Waals surface area contributed by atoms with Crippen LogP contribution < -0.4 is 5.73 Å². The molecule has 2 atom stereocenters. The van der Waals surface area contributed by atoms with Gasteiger partial charge in [0.15, 0.2) is 0 Å². The molecular weight excluding hydrogens is 212 g/mol. The summed E-state index contributed by atoms with van der Waals surface area (Å²) in [7, 11) is 1.84. The Kier molecular flexibility index (Phi) is 5.26. The van der Waals surface area contributed by atoms with Crippen LogP contribution in [0.4, 0.5) is 0 Å². The van der Waals surface area contributed by atoms with Crippen LogP contribution in [-0.4, -0.2) is 43.3 Å². The van der Waals surface area contributed by atoms with E-state index < -0.39 is 0 Å². The van der Waals surface area contributed by atoms with E-state index in [-0.39, 0.29) is 0 Å². The Hall–Kier alpha value is -0.120. The van der Waals surface area contributed by atoms with Crippen LogP contribution in [-0.2, 0) is 4.74 Å². The van der Waals surface area contributed by atoms with Crippen molar-refractivity contribution in [3.05, 3.63) is 0 Å². The van der Waals surface area contributed by atoms with E-state index in [9.17, 15) is 0 Å². The van der Waals surface area contributed by atoms with Gasteiger partial charge in [0.05, 0.1) is 6.10 Å². The van der Waals surface area contributed by atoms with E-state index in [4.69, 9.17) is 10.5 Å². The van der Waals surface area contributed by atoms with Gasteiger partial charge in [0, 0.05) is 32.3 Å². The van der Waals surface area contributed by atoms with Crippen LogP contribution in [0.25, 0.3) is 0 Å². The maximum Gasteiger partial charge on any atom is 0.0595 e. The van der Waals surface area contributed by atoms with Crippen molar-refractivity contribution < 1.29 is 4.74 Å². The summed E-state index contributed by atoms with van der Waals surface area (Å²) in [6.07, 6.45) is 10.8. The Labute approximate surface area is 106 Å². The van der Waals surface area contributed by atoms with Crippen LogP contribution in [0.15, 0.2) is 0 Å². The van der Waals surface area contributed by atoms with Gasteiger partial charge in [-0.1, -0.05) is 25.7 Å². The second-order valence-corrected chi connectivity index (χ2v) is 5.69. The van der Waals surface area contributed by atoms with Gasteiger partial charge < -0.3 is 10.5 Å². The standard InChI is InChI=1S/C14H28N2O/c1-17-12-8-10-16(11-9-12)14-7-5-3-2-4-6-13(14)15/h12-14H,2-11,15H2,1H3. The highest BCUT2D eigenvalue weighted by atomic mass is 16.5. The zero-order chi connectivity index (χ0) is 12.1. The molecule has 2 fully saturated rings. The van der Waals surface area contributed by atoms with Gasteiger partial charge in [0.2, 0.25) is 0 Å². The number of hydrogen-bond donors (Lipinski definition) is 1. The van der Waals surface area contributed by atoms with Gasteiger partial charge in [0.1, 0.15) is 0 Å². The third kappa shape index (κ3) is 3.67. The molecule has 0 aromatic heterocycles. The van der Waals surface area contributed by atoms with Crippen molar-refractivity contribution in [1.82, 2.24) is 4.90 Å². The quantitative estimate of drug-likeness (QED) is 0.804. The minimum absolute atomic E-state index is 0.398. The zero-order valence-electron chi connectivity index (χ0n) is 11.2. The van der Waals surface area contributed by atoms with E-state index in [1.165, 1.54) is 64.5 Å². The number of hydrogen-bond acceptors (Lipinski definition) is 3. The van der Waals surface area contributed by atoms with Gasteiger partial charge in [-0.25, -0.2) is 0 Å². The summed E-state index contributed by atoms with van der Waals surface area (Å²) in [6, 6.07) is 1.03. The summed E-state index contributed by atoms with van der Waals surface area (Å²) in [5.41, 5.74) is 6.37. The molecule has 3 heteroatoms. The van der Waals surface area contributed by atoms with Crippen LogP contribution in [0.1, 0.15) is 51.4 Å². The molecule has 2 aliphatic rings. The molecule has 1 aliphatic carbocycles. The van der Waals surface area contributed by atoms with Gasteiger partial charge in [-0.3, -0.25) is 4.90 Å². The van der Waals surface area contributed by atoms with Gasteiger partial charge in [-0.15, -0.1) is 0 Å².